The van der Waals surface area contributed by atoms with Gasteiger partial charge in [0.2, 0.25) is 0 Å². The molecule has 1 aromatic carbocycles. The fraction of sp³-hybridized carbons (Fsp3) is 0.100. The van der Waals surface area contributed by atoms with E-state index < -0.39 is 0 Å². The summed E-state index contributed by atoms with van der Waals surface area (Å²) in [4.78, 5) is 0. The summed E-state index contributed by atoms with van der Waals surface area (Å²) in [5.74, 6) is 0. The molecule has 0 atom stereocenters. The molecule has 0 radical (unpaired) electrons. The van der Waals surface area contributed by atoms with Crippen molar-refractivity contribution in [2.24, 2.45) is 0 Å². The largest absolute Gasteiger partial charge is 0.215 e. The number of hydrogen-bond donors (Lipinski definition) is 0. The van der Waals surface area contributed by atoms with Crippen molar-refractivity contribution >= 4 is 23.2 Å². The van der Waals surface area contributed by atoms with Crippen molar-refractivity contribution in [1.82, 2.24) is 15.0 Å². The highest BCUT2D eigenvalue weighted by atomic mass is 35.5. The van der Waals surface area contributed by atoms with Crippen LogP contribution < -0.4 is 0 Å². The van der Waals surface area contributed by atoms with Gasteiger partial charge in [0, 0.05) is 0 Å². The fourth-order valence-corrected chi connectivity index (χ4v) is 1.69. The molecule has 80 valence electrons. The van der Waals surface area contributed by atoms with Crippen molar-refractivity contribution < 1.29 is 0 Å². The Bertz CT molecular complexity index is 556. The molecule has 1 aromatic heterocycles. The summed E-state index contributed by atoms with van der Waals surface area (Å²) < 4.78 is 1.51. The predicted octanol–water partition coefficient (Wildman–Crippen LogP) is 2.64. The van der Waals surface area contributed by atoms with E-state index in [1.54, 1.807) is 18.2 Å². The molecule has 2 aromatic rings. The molecule has 0 saturated heterocycles. The molecule has 2 rings (SSSR count). The second kappa shape index (κ2) is 4.52. The average Bonchev–Trinajstić information content (AvgIpc) is 2.71. The van der Waals surface area contributed by atoms with Gasteiger partial charge in [0.25, 0.3) is 0 Å². The van der Waals surface area contributed by atoms with Crippen molar-refractivity contribution in [3.05, 3.63) is 40.1 Å². The van der Waals surface area contributed by atoms with E-state index in [1.165, 1.54) is 10.9 Å². The molecule has 16 heavy (non-hydrogen) atoms. The van der Waals surface area contributed by atoms with E-state index in [4.69, 9.17) is 28.5 Å². The molecule has 0 aliphatic rings. The summed E-state index contributed by atoms with van der Waals surface area (Å²) >= 11 is 12.0. The van der Waals surface area contributed by atoms with E-state index in [9.17, 15) is 0 Å². The van der Waals surface area contributed by atoms with Gasteiger partial charge in [-0.05, 0) is 12.1 Å². The van der Waals surface area contributed by atoms with Crippen LogP contribution in [0.2, 0.25) is 10.0 Å². The maximum Gasteiger partial charge on any atom is 0.0868 e. The van der Waals surface area contributed by atoms with Crippen LogP contribution in [0, 0.1) is 11.3 Å². The van der Waals surface area contributed by atoms with Crippen LogP contribution in [-0.4, -0.2) is 15.0 Å². The molecule has 0 fully saturated rings. The summed E-state index contributed by atoms with van der Waals surface area (Å²) in [6.07, 6.45) is 1.75. The topological polar surface area (TPSA) is 54.5 Å². The number of nitrogens with zero attached hydrogens (tertiary/aromatic N) is 4. The van der Waals surface area contributed by atoms with Crippen LogP contribution in [0.5, 0.6) is 0 Å². The molecule has 0 aliphatic carbocycles. The van der Waals surface area contributed by atoms with Gasteiger partial charge < -0.3 is 0 Å². The molecule has 0 N–H and O–H groups in total. The molecule has 0 bridgehead atoms. The number of halogens is 2. The van der Waals surface area contributed by atoms with Crippen LogP contribution in [0.25, 0.3) is 5.69 Å². The zero-order valence-electron chi connectivity index (χ0n) is 8.06. The van der Waals surface area contributed by atoms with E-state index in [0.717, 1.165) is 0 Å². The first-order chi connectivity index (χ1) is 7.74. The number of hydrogen-bond acceptors (Lipinski definition) is 3. The third kappa shape index (κ3) is 1.87. The molecule has 0 amide bonds. The van der Waals surface area contributed by atoms with Gasteiger partial charge in [-0.25, -0.2) is 4.68 Å². The highest BCUT2D eigenvalue weighted by Crippen LogP contribution is 2.28. The first-order valence-electron chi connectivity index (χ1n) is 4.45. The smallest absolute Gasteiger partial charge is 0.0868 e. The lowest BCUT2D eigenvalue weighted by Gasteiger charge is -2.06. The minimum atomic E-state index is 0.218. The van der Waals surface area contributed by atoms with Gasteiger partial charge in [0.15, 0.2) is 0 Å². The highest BCUT2D eigenvalue weighted by molar-refractivity contribution is 6.43. The van der Waals surface area contributed by atoms with E-state index in [1.807, 2.05) is 6.07 Å². The van der Waals surface area contributed by atoms with Crippen LogP contribution >= 0.6 is 23.2 Å². The molecule has 0 spiro atoms. The Morgan fingerprint density at radius 1 is 1.38 bits per heavy atom. The van der Waals surface area contributed by atoms with Gasteiger partial charge in [-0.2, -0.15) is 5.26 Å². The minimum absolute atomic E-state index is 0.218. The molecule has 0 aliphatic heterocycles. The van der Waals surface area contributed by atoms with Crippen molar-refractivity contribution in [3.63, 3.8) is 0 Å². The molecule has 0 unspecified atom stereocenters. The number of nitriles is 1. The van der Waals surface area contributed by atoms with Gasteiger partial charge in [-0.1, -0.05) is 34.5 Å². The monoisotopic (exact) mass is 252 g/mol. The molecular formula is C10H6Cl2N4. The third-order valence-corrected chi connectivity index (χ3v) is 2.85. The van der Waals surface area contributed by atoms with Crippen molar-refractivity contribution in [2.75, 3.05) is 0 Å². The molecule has 4 nitrogen and oxygen atoms in total. The van der Waals surface area contributed by atoms with Gasteiger partial charge >= 0.3 is 0 Å². The van der Waals surface area contributed by atoms with E-state index in [-0.39, 0.29) is 6.42 Å². The predicted molar refractivity (Wildman–Crippen MR) is 60.7 cm³/mol. The first-order valence-corrected chi connectivity index (χ1v) is 5.20. The van der Waals surface area contributed by atoms with Crippen LogP contribution in [0.4, 0.5) is 0 Å². The van der Waals surface area contributed by atoms with Gasteiger partial charge in [0.05, 0.1) is 40.1 Å². The normalized spacial score (nSPS) is 10.1. The summed E-state index contributed by atoms with van der Waals surface area (Å²) in [6.45, 7) is 0. The van der Waals surface area contributed by atoms with Crippen molar-refractivity contribution in [1.29, 1.82) is 5.26 Å². The molecule has 0 saturated carbocycles. The number of aromatic nitrogens is 3. The number of benzene rings is 1. The van der Waals surface area contributed by atoms with Gasteiger partial charge in [-0.3, -0.25) is 0 Å². The van der Waals surface area contributed by atoms with Gasteiger partial charge in [0.1, 0.15) is 0 Å². The van der Waals surface area contributed by atoms with Crippen LogP contribution in [0.1, 0.15) is 5.69 Å². The Balaban J connectivity index is 2.55. The standard InChI is InChI=1S/C10H6Cl2N4/c11-8-2-1-3-9(10(8)12)16-7(4-5-13)6-14-15-16/h1-3,6H,4H2. The van der Waals surface area contributed by atoms with E-state index in [0.29, 0.717) is 21.4 Å². The molecular weight excluding hydrogens is 247 g/mol. The summed E-state index contributed by atoms with van der Waals surface area (Å²) in [5, 5.41) is 17.1. The minimum Gasteiger partial charge on any atom is -0.215 e. The lowest BCUT2D eigenvalue weighted by molar-refractivity contribution is 0.777. The fourth-order valence-electron chi connectivity index (χ4n) is 1.32. The van der Waals surface area contributed by atoms with Crippen LogP contribution in [0.3, 0.4) is 0 Å². The van der Waals surface area contributed by atoms with Crippen molar-refractivity contribution in [3.8, 4) is 11.8 Å². The Hall–Kier alpha value is -1.57. The average molecular weight is 253 g/mol. The van der Waals surface area contributed by atoms with Crippen molar-refractivity contribution in [2.45, 2.75) is 6.42 Å². The SMILES string of the molecule is N#CCc1cnnn1-c1cccc(Cl)c1Cl. The molecule has 6 heteroatoms. The second-order valence-electron chi connectivity index (χ2n) is 3.04. The molecule has 1 heterocycles. The lowest BCUT2D eigenvalue weighted by Crippen LogP contribution is -2.02. The zero-order chi connectivity index (χ0) is 11.5. The Kier molecular flexibility index (Phi) is 3.09. The first kappa shape index (κ1) is 10.9. The third-order valence-electron chi connectivity index (χ3n) is 2.04. The van der Waals surface area contributed by atoms with Gasteiger partial charge in [-0.15, -0.1) is 5.10 Å². The second-order valence-corrected chi connectivity index (χ2v) is 3.83. The zero-order valence-corrected chi connectivity index (χ0v) is 9.57. The lowest BCUT2D eigenvalue weighted by atomic mass is 10.3. The maximum absolute atomic E-state index is 8.66. The van der Waals surface area contributed by atoms with Crippen LogP contribution in [0.15, 0.2) is 24.4 Å². The summed E-state index contributed by atoms with van der Waals surface area (Å²) in [5.41, 5.74) is 1.29. The quantitative estimate of drug-likeness (QED) is 0.826. The van der Waals surface area contributed by atoms with E-state index in [2.05, 4.69) is 10.3 Å². The van der Waals surface area contributed by atoms with E-state index >= 15 is 0 Å². The highest BCUT2D eigenvalue weighted by Gasteiger charge is 2.11. The summed E-state index contributed by atoms with van der Waals surface area (Å²) in [7, 11) is 0. The Morgan fingerprint density at radius 2 is 2.19 bits per heavy atom. The Morgan fingerprint density at radius 3 is 2.94 bits per heavy atom. The summed E-state index contributed by atoms with van der Waals surface area (Å²) in [6, 6.07) is 7.26. The Labute approximate surface area is 102 Å². The maximum atomic E-state index is 8.66. The number of rotatable bonds is 2. The van der Waals surface area contributed by atoms with Crippen LogP contribution in [-0.2, 0) is 6.42 Å².